The van der Waals surface area contributed by atoms with Gasteiger partial charge in [0.15, 0.2) is 0 Å². The summed E-state index contributed by atoms with van der Waals surface area (Å²) in [5.41, 5.74) is 6.53. The molecule has 0 bridgehead atoms. The number of nitrogens with zero attached hydrogens (tertiary/aromatic N) is 4. The Morgan fingerprint density at radius 1 is 0.458 bits per heavy atom. The van der Waals surface area contributed by atoms with Crippen LogP contribution in [-0.4, -0.2) is 46.6 Å². The SMILES string of the molecule is O=C(Nc1ccc(Cl)c(Cl)c1)N1CC(c2ccccc2)C(c2ccc(Cl)c(Cl)c2)=N1.O=C(Nc1ccc(Cl)cc1)N1CC(c2ccc(Cl)cc2)C(c2ccc(Cl)cc2)=N1. The molecule has 2 heterocycles. The van der Waals surface area contributed by atoms with E-state index in [1.54, 1.807) is 54.6 Å². The van der Waals surface area contributed by atoms with Crippen LogP contribution in [0.25, 0.3) is 0 Å². The molecule has 2 aliphatic rings. The van der Waals surface area contributed by atoms with Gasteiger partial charge in [-0.15, -0.1) is 0 Å². The fourth-order valence-corrected chi connectivity index (χ4v) is 7.41. The van der Waals surface area contributed by atoms with E-state index in [2.05, 4.69) is 20.8 Å². The molecular weight excluding hydrogens is 893 g/mol. The maximum Gasteiger partial charge on any atom is 0.342 e. The summed E-state index contributed by atoms with van der Waals surface area (Å²) in [6.07, 6.45) is 0. The molecule has 0 spiro atoms. The van der Waals surface area contributed by atoms with E-state index in [-0.39, 0.29) is 23.9 Å². The highest BCUT2D eigenvalue weighted by molar-refractivity contribution is 6.42. The number of urea groups is 2. The Labute approximate surface area is 375 Å². The van der Waals surface area contributed by atoms with Crippen LogP contribution in [0.15, 0.2) is 150 Å². The monoisotopic (exact) mass is 920 g/mol. The largest absolute Gasteiger partial charge is 0.342 e. The van der Waals surface area contributed by atoms with Gasteiger partial charge in [-0.1, -0.05) is 142 Å². The number of carbonyl (C=O) groups is 2. The van der Waals surface area contributed by atoms with E-state index in [1.165, 1.54) is 10.0 Å². The van der Waals surface area contributed by atoms with Gasteiger partial charge in [0.25, 0.3) is 0 Å². The Morgan fingerprint density at radius 3 is 1.42 bits per heavy atom. The van der Waals surface area contributed by atoms with Crippen molar-refractivity contribution in [1.29, 1.82) is 0 Å². The zero-order chi connectivity index (χ0) is 41.6. The lowest BCUT2D eigenvalue weighted by Crippen LogP contribution is -2.30. The van der Waals surface area contributed by atoms with E-state index in [1.807, 2.05) is 84.9 Å². The molecule has 298 valence electrons. The van der Waals surface area contributed by atoms with Crippen molar-refractivity contribution in [3.05, 3.63) is 197 Å². The maximum atomic E-state index is 12.9. The molecule has 2 unspecified atom stereocenters. The number of hydrogen-bond acceptors (Lipinski definition) is 4. The number of hydrogen-bond donors (Lipinski definition) is 2. The Bertz CT molecular complexity index is 2540. The van der Waals surface area contributed by atoms with Gasteiger partial charge in [0.1, 0.15) is 0 Å². The fraction of sp³-hybridized carbons (Fsp3) is 0.0909. The average Bonchev–Trinajstić information content (AvgIpc) is 3.89. The number of hydrazone groups is 2. The van der Waals surface area contributed by atoms with Crippen LogP contribution in [0, 0.1) is 0 Å². The van der Waals surface area contributed by atoms with E-state index in [9.17, 15) is 9.59 Å². The maximum absolute atomic E-state index is 12.9. The molecule has 4 amide bonds. The topological polar surface area (TPSA) is 89.4 Å². The van der Waals surface area contributed by atoms with E-state index in [0.29, 0.717) is 59.6 Å². The molecule has 59 heavy (non-hydrogen) atoms. The van der Waals surface area contributed by atoms with Crippen molar-refractivity contribution >= 4 is 116 Å². The van der Waals surface area contributed by atoms with E-state index in [4.69, 9.17) is 81.2 Å². The predicted octanol–water partition coefficient (Wildman–Crippen LogP) is 14.0. The van der Waals surface area contributed by atoms with Gasteiger partial charge in [0, 0.05) is 43.8 Å². The van der Waals surface area contributed by atoms with Crippen LogP contribution in [0.3, 0.4) is 0 Å². The molecule has 0 aromatic heterocycles. The quantitative estimate of drug-likeness (QED) is 0.174. The molecule has 0 radical (unpaired) electrons. The van der Waals surface area contributed by atoms with Crippen LogP contribution in [0.4, 0.5) is 21.0 Å². The normalized spacial score (nSPS) is 15.8. The van der Waals surface area contributed by atoms with E-state index >= 15 is 0 Å². The predicted molar refractivity (Wildman–Crippen MR) is 244 cm³/mol. The molecule has 8 nitrogen and oxygen atoms in total. The minimum Gasteiger partial charge on any atom is -0.306 e. The van der Waals surface area contributed by atoms with E-state index in [0.717, 1.165) is 33.7 Å². The molecule has 6 aromatic carbocycles. The molecule has 0 aliphatic carbocycles. The zero-order valence-corrected chi connectivity index (χ0v) is 35.9. The number of nitrogens with one attached hydrogen (secondary N) is 2. The Hall–Kier alpha value is -4.77. The second kappa shape index (κ2) is 19.1. The van der Waals surface area contributed by atoms with Crippen molar-refractivity contribution in [2.75, 3.05) is 23.7 Å². The van der Waals surface area contributed by atoms with Gasteiger partial charge in [-0.2, -0.15) is 10.2 Å². The number of anilines is 2. The van der Waals surface area contributed by atoms with Crippen molar-refractivity contribution in [2.24, 2.45) is 10.2 Å². The lowest BCUT2D eigenvalue weighted by atomic mass is 9.91. The van der Waals surface area contributed by atoms with Crippen LogP contribution in [0.5, 0.6) is 0 Å². The highest BCUT2D eigenvalue weighted by Gasteiger charge is 2.34. The Balaban J connectivity index is 0.000000179. The number of amides is 4. The highest BCUT2D eigenvalue weighted by Crippen LogP contribution is 2.34. The third kappa shape index (κ3) is 10.5. The van der Waals surface area contributed by atoms with Gasteiger partial charge in [-0.05, 0) is 95.6 Å². The third-order valence-electron chi connectivity index (χ3n) is 9.39. The molecule has 0 fully saturated rings. The lowest BCUT2D eigenvalue weighted by Gasteiger charge is -2.16. The van der Waals surface area contributed by atoms with Gasteiger partial charge in [-0.25, -0.2) is 19.6 Å². The van der Waals surface area contributed by atoms with Crippen molar-refractivity contribution in [1.82, 2.24) is 10.0 Å². The molecule has 8 rings (SSSR count). The lowest BCUT2D eigenvalue weighted by molar-refractivity contribution is 0.217. The zero-order valence-electron chi connectivity index (χ0n) is 30.6. The first kappa shape index (κ1) is 42.4. The summed E-state index contributed by atoms with van der Waals surface area (Å²) in [6, 6.07) is 41.4. The molecule has 2 aliphatic heterocycles. The third-order valence-corrected chi connectivity index (χ3v) is 11.6. The number of carbonyl (C=O) groups excluding carboxylic acids is 2. The highest BCUT2D eigenvalue weighted by atomic mass is 35.5. The summed E-state index contributed by atoms with van der Waals surface area (Å²) in [7, 11) is 0. The summed E-state index contributed by atoms with van der Waals surface area (Å²) >= 11 is 42.3. The molecule has 0 saturated heterocycles. The summed E-state index contributed by atoms with van der Waals surface area (Å²) in [5, 5.41) is 21.3. The second-order valence-corrected chi connectivity index (χ2v) is 16.3. The van der Waals surface area contributed by atoms with Crippen LogP contribution in [0.2, 0.25) is 35.2 Å². The van der Waals surface area contributed by atoms with Crippen LogP contribution >= 0.6 is 81.2 Å². The molecule has 2 N–H and O–H groups in total. The minimum atomic E-state index is -0.371. The first-order chi connectivity index (χ1) is 28.4. The van der Waals surface area contributed by atoms with Gasteiger partial charge < -0.3 is 10.6 Å². The summed E-state index contributed by atoms with van der Waals surface area (Å²) in [6.45, 7) is 0.797. The van der Waals surface area contributed by atoms with Crippen molar-refractivity contribution in [2.45, 2.75) is 11.8 Å². The molecule has 0 saturated carbocycles. The minimum absolute atomic E-state index is 0.0793. The summed E-state index contributed by atoms with van der Waals surface area (Å²) in [5.74, 6) is -0.188. The fourth-order valence-electron chi connectivity index (χ4n) is 6.44. The van der Waals surface area contributed by atoms with Crippen molar-refractivity contribution in [3.8, 4) is 0 Å². The van der Waals surface area contributed by atoms with Crippen molar-refractivity contribution in [3.63, 3.8) is 0 Å². The standard InChI is InChI=1S/C22H15Cl4N3O.C22H16Cl3N3O/c23-17-8-6-14(10-19(17)25)21-16(13-4-2-1-3-5-13)12-29(28-21)22(30)27-15-7-9-18(24)20(26)11-15;23-16-5-1-14(2-6-16)20-13-28(22(29)26-19-11-9-18(25)10-12-19)27-21(20)15-3-7-17(24)8-4-15/h1-11,16H,12H2,(H,27,30);1-12,20H,13H2,(H,26,29). The first-order valence-corrected chi connectivity index (χ1v) is 20.6. The molecular formula is C44H31Cl7N6O2. The van der Waals surface area contributed by atoms with Gasteiger partial charge in [0.05, 0.1) is 44.6 Å². The van der Waals surface area contributed by atoms with Gasteiger partial charge in [-0.3, -0.25) is 0 Å². The smallest absolute Gasteiger partial charge is 0.306 e. The summed E-state index contributed by atoms with van der Waals surface area (Å²) in [4.78, 5) is 25.7. The second-order valence-electron chi connectivity index (χ2n) is 13.3. The number of rotatable bonds is 6. The average molecular weight is 924 g/mol. The molecule has 2 atom stereocenters. The van der Waals surface area contributed by atoms with Crippen LogP contribution in [0.1, 0.15) is 34.1 Å². The molecule has 15 heteroatoms. The number of benzene rings is 6. The van der Waals surface area contributed by atoms with Gasteiger partial charge in [0.2, 0.25) is 0 Å². The Kier molecular flexibility index (Phi) is 13.7. The van der Waals surface area contributed by atoms with Crippen LogP contribution in [-0.2, 0) is 0 Å². The van der Waals surface area contributed by atoms with Gasteiger partial charge >= 0.3 is 12.1 Å². The van der Waals surface area contributed by atoms with E-state index < -0.39 is 0 Å². The molecule has 6 aromatic rings. The van der Waals surface area contributed by atoms with Crippen molar-refractivity contribution < 1.29 is 9.59 Å². The van der Waals surface area contributed by atoms with Crippen LogP contribution < -0.4 is 10.6 Å². The number of halogens is 7. The Morgan fingerprint density at radius 2 is 0.881 bits per heavy atom. The first-order valence-electron chi connectivity index (χ1n) is 18.0. The summed E-state index contributed by atoms with van der Waals surface area (Å²) < 4.78 is 0.